The minimum atomic E-state index is 0.749. The van der Waals surface area contributed by atoms with Gasteiger partial charge in [-0.1, -0.05) is 45.0 Å². The lowest BCUT2D eigenvalue weighted by molar-refractivity contribution is 0.112. The van der Waals surface area contributed by atoms with E-state index in [2.05, 4.69) is 39.8 Å². The van der Waals surface area contributed by atoms with E-state index in [4.69, 9.17) is 0 Å². The van der Waals surface area contributed by atoms with Gasteiger partial charge in [0, 0.05) is 5.56 Å². The molecule has 0 fully saturated rings. The van der Waals surface area contributed by atoms with E-state index in [0.717, 1.165) is 31.1 Å². The summed E-state index contributed by atoms with van der Waals surface area (Å²) >= 11 is 0. The molecule has 0 atom stereocenters. The number of rotatable bonds is 5. The molecule has 0 aliphatic rings. The van der Waals surface area contributed by atoms with Crippen LogP contribution in [0.15, 0.2) is 30.3 Å². The molecule has 1 heteroatoms. The third kappa shape index (κ3) is 3.07. The van der Waals surface area contributed by atoms with Crippen LogP contribution in [0.3, 0.4) is 0 Å². The van der Waals surface area contributed by atoms with Gasteiger partial charge in [0.25, 0.3) is 0 Å². The number of hydrogen-bond acceptors (Lipinski definition) is 1. The molecule has 0 aromatic heterocycles. The van der Waals surface area contributed by atoms with E-state index in [1.807, 2.05) is 18.2 Å². The molecule has 0 heterocycles. The summed E-state index contributed by atoms with van der Waals surface area (Å²) in [5.41, 5.74) is 8.69. The average molecular weight is 280 g/mol. The molecular weight excluding hydrogens is 256 g/mol. The number of aldehydes is 1. The molecule has 2 aromatic carbocycles. The first-order valence-electron chi connectivity index (χ1n) is 7.85. The van der Waals surface area contributed by atoms with Gasteiger partial charge >= 0.3 is 0 Å². The molecule has 0 radical (unpaired) electrons. The van der Waals surface area contributed by atoms with Crippen LogP contribution in [0.25, 0.3) is 11.1 Å². The number of aryl methyl sites for hydroxylation is 4. The van der Waals surface area contributed by atoms with Crippen molar-refractivity contribution in [2.24, 2.45) is 0 Å². The van der Waals surface area contributed by atoms with Crippen LogP contribution in [-0.4, -0.2) is 6.29 Å². The molecule has 0 saturated carbocycles. The SMILES string of the molecule is CCc1cc(CC)c(-c2cc(C=O)ccc2C)c(CC)c1. The fourth-order valence-corrected chi connectivity index (χ4v) is 2.93. The van der Waals surface area contributed by atoms with Crippen LogP contribution in [0.5, 0.6) is 0 Å². The van der Waals surface area contributed by atoms with Gasteiger partial charge in [0.15, 0.2) is 0 Å². The first-order chi connectivity index (χ1) is 10.1. The zero-order valence-electron chi connectivity index (χ0n) is 13.5. The summed E-state index contributed by atoms with van der Waals surface area (Å²) in [4.78, 5) is 11.1. The Morgan fingerprint density at radius 1 is 0.905 bits per heavy atom. The molecule has 110 valence electrons. The third-order valence-corrected chi connectivity index (χ3v) is 4.20. The molecule has 1 nitrogen and oxygen atoms in total. The van der Waals surface area contributed by atoms with Gasteiger partial charge in [0.05, 0.1) is 0 Å². The topological polar surface area (TPSA) is 17.1 Å². The van der Waals surface area contributed by atoms with Crippen molar-refractivity contribution < 1.29 is 4.79 Å². The van der Waals surface area contributed by atoms with E-state index in [0.29, 0.717) is 0 Å². The predicted molar refractivity (Wildman–Crippen MR) is 90.1 cm³/mol. The fourth-order valence-electron chi connectivity index (χ4n) is 2.93. The summed E-state index contributed by atoms with van der Waals surface area (Å²) in [6.45, 7) is 8.73. The van der Waals surface area contributed by atoms with Crippen molar-refractivity contribution in [1.82, 2.24) is 0 Å². The van der Waals surface area contributed by atoms with Gasteiger partial charge in [-0.25, -0.2) is 0 Å². The third-order valence-electron chi connectivity index (χ3n) is 4.20. The summed E-state index contributed by atoms with van der Waals surface area (Å²) in [6, 6.07) is 10.6. The van der Waals surface area contributed by atoms with Crippen molar-refractivity contribution in [3.05, 3.63) is 58.1 Å². The summed E-state index contributed by atoms with van der Waals surface area (Å²) in [6.07, 6.45) is 4.02. The quantitative estimate of drug-likeness (QED) is 0.691. The molecule has 0 spiro atoms. The Morgan fingerprint density at radius 3 is 2.00 bits per heavy atom. The second-order valence-electron chi connectivity index (χ2n) is 5.54. The highest BCUT2D eigenvalue weighted by atomic mass is 16.1. The Bertz CT molecular complexity index is 628. The van der Waals surface area contributed by atoms with Crippen LogP contribution in [0.2, 0.25) is 0 Å². The highest BCUT2D eigenvalue weighted by Gasteiger charge is 2.13. The minimum absolute atomic E-state index is 0.749. The van der Waals surface area contributed by atoms with Gasteiger partial charge < -0.3 is 0 Å². The smallest absolute Gasteiger partial charge is 0.150 e. The largest absolute Gasteiger partial charge is 0.298 e. The zero-order chi connectivity index (χ0) is 15.4. The first kappa shape index (κ1) is 15.5. The number of hydrogen-bond donors (Lipinski definition) is 0. The number of benzene rings is 2. The van der Waals surface area contributed by atoms with Gasteiger partial charge in [0.2, 0.25) is 0 Å². The molecule has 0 N–H and O–H groups in total. The van der Waals surface area contributed by atoms with Gasteiger partial charge in [-0.2, -0.15) is 0 Å². The number of carbonyl (C=O) groups excluding carboxylic acids is 1. The maximum atomic E-state index is 11.1. The lowest BCUT2D eigenvalue weighted by Crippen LogP contribution is -1.99. The van der Waals surface area contributed by atoms with Gasteiger partial charge in [-0.05, 0) is 65.6 Å². The van der Waals surface area contributed by atoms with Crippen molar-refractivity contribution in [1.29, 1.82) is 0 Å². The predicted octanol–water partition coefficient (Wildman–Crippen LogP) is 5.16. The Balaban J connectivity index is 2.75. The molecule has 0 unspecified atom stereocenters. The second-order valence-corrected chi connectivity index (χ2v) is 5.54. The molecule has 0 bridgehead atoms. The molecule has 2 rings (SSSR count). The lowest BCUT2D eigenvalue weighted by atomic mass is 9.87. The highest BCUT2D eigenvalue weighted by molar-refractivity contribution is 5.82. The molecular formula is C20H24O. The van der Waals surface area contributed by atoms with Crippen LogP contribution in [0.1, 0.15) is 53.4 Å². The van der Waals surface area contributed by atoms with E-state index in [1.54, 1.807) is 0 Å². The maximum absolute atomic E-state index is 11.1. The standard InChI is InChI=1S/C20H24O/c1-5-15-10-17(6-2)20(18(7-3)11-15)19-12-16(13-21)9-8-14(19)4/h8-13H,5-7H2,1-4H3. The van der Waals surface area contributed by atoms with E-state index < -0.39 is 0 Å². The number of carbonyl (C=O) groups is 1. The Labute approximate surface area is 128 Å². The molecule has 0 aliphatic carbocycles. The molecule has 2 aromatic rings. The van der Waals surface area contributed by atoms with Crippen molar-refractivity contribution in [3.63, 3.8) is 0 Å². The van der Waals surface area contributed by atoms with Crippen LogP contribution in [0.4, 0.5) is 0 Å². The molecule has 0 amide bonds. The van der Waals surface area contributed by atoms with Gasteiger partial charge in [-0.15, -0.1) is 0 Å². The van der Waals surface area contributed by atoms with Crippen molar-refractivity contribution in [3.8, 4) is 11.1 Å². The summed E-state index contributed by atoms with van der Waals surface area (Å²) in [5, 5.41) is 0. The normalized spacial score (nSPS) is 10.7. The van der Waals surface area contributed by atoms with Crippen LogP contribution in [-0.2, 0) is 19.3 Å². The van der Waals surface area contributed by atoms with Crippen LogP contribution < -0.4 is 0 Å². The second kappa shape index (κ2) is 6.71. The van der Waals surface area contributed by atoms with E-state index in [-0.39, 0.29) is 0 Å². The Morgan fingerprint density at radius 2 is 1.52 bits per heavy atom. The maximum Gasteiger partial charge on any atom is 0.150 e. The monoisotopic (exact) mass is 280 g/mol. The van der Waals surface area contributed by atoms with Crippen LogP contribution in [0, 0.1) is 6.92 Å². The highest BCUT2D eigenvalue weighted by Crippen LogP contribution is 2.33. The van der Waals surface area contributed by atoms with E-state index in [9.17, 15) is 4.79 Å². The zero-order valence-corrected chi connectivity index (χ0v) is 13.5. The minimum Gasteiger partial charge on any atom is -0.298 e. The Hall–Kier alpha value is -1.89. The lowest BCUT2D eigenvalue weighted by Gasteiger charge is -2.18. The first-order valence-corrected chi connectivity index (χ1v) is 7.85. The van der Waals surface area contributed by atoms with Crippen molar-refractivity contribution in [2.45, 2.75) is 47.0 Å². The summed E-state index contributed by atoms with van der Waals surface area (Å²) < 4.78 is 0. The van der Waals surface area contributed by atoms with E-state index in [1.165, 1.54) is 33.4 Å². The molecule has 0 aliphatic heterocycles. The van der Waals surface area contributed by atoms with Gasteiger partial charge in [0.1, 0.15) is 6.29 Å². The van der Waals surface area contributed by atoms with Gasteiger partial charge in [-0.3, -0.25) is 4.79 Å². The Kier molecular flexibility index (Phi) is 4.95. The van der Waals surface area contributed by atoms with Crippen molar-refractivity contribution in [2.75, 3.05) is 0 Å². The average Bonchev–Trinajstić information content (AvgIpc) is 2.54. The summed E-state index contributed by atoms with van der Waals surface area (Å²) in [7, 11) is 0. The van der Waals surface area contributed by atoms with Crippen molar-refractivity contribution >= 4 is 6.29 Å². The van der Waals surface area contributed by atoms with Crippen LogP contribution >= 0.6 is 0 Å². The summed E-state index contributed by atoms with van der Waals surface area (Å²) in [5.74, 6) is 0. The van der Waals surface area contributed by atoms with E-state index >= 15 is 0 Å². The molecule has 0 saturated heterocycles. The fraction of sp³-hybridized carbons (Fsp3) is 0.350. The molecule has 21 heavy (non-hydrogen) atoms.